The van der Waals surface area contributed by atoms with E-state index in [0.29, 0.717) is 0 Å². The first-order valence-corrected chi connectivity index (χ1v) is 9.49. The topological polar surface area (TPSA) is 29.9 Å². The molecule has 0 saturated heterocycles. The minimum Gasteiger partial charge on any atom is -0.368 e. The molecule has 5 rings (SSSR count). The number of aromatic nitrogens is 2. The molecule has 1 aliphatic rings. The molecule has 2 heterocycles. The SMILES string of the molecule is c1ccc(-c2nn(-c3ccccc3)cc2C2Nc3ccccc3S2)cc1. The Bertz CT molecular complexity index is 1020. The fourth-order valence-corrected chi connectivity index (χ4v) is 4.39. The van der Waals surface area contributed by atoms with Crippen LogP contribution in [0.4, 0.5) is 5.69 Å². The molecule has 4 aromatic rings. The smallest absolute Gasteiger partial charge is 0.106 e. The van der Waals surface area contributed by atoms with Crippen molar-refractivity contribution in [3.8, 4) is 16.9 Å². The molecule has 1 atom stereocenters. The lowest BCUT2D eigenvalue weighted by molar-refractivity contribution is 0.883. The Kier molecular flexibility index (Phi) is 3.76. The van der Waals surface area contributed by atoms with Crippen molar-refractivity contribution in [3.63, 3.8) is 0 Å². The predicted molar refractivity (Wildman–Crippen MR) is 108 cm³/mol. The zero-order valence-corrected chi connectivity index (χ0v) is 14.9. The van der Waals surface area contributed by atoms with Crippen LogP contribution in [0.1, 0.15) is 10.9 Å². The van der Waals surface area contributed by atoms with Gasteiger partial charge in [0, 0.05) is 27.9 Å². The van der Waals surface area contributed by atoms with E-state index in [2.05, 4.69) is 72.2 Å². The quantitative estimate of drug-likeness (QED) is 0.507. The summed E-state index contributed by atoms with van der Waals surface area (Å²) in [5.74, 6) is 0. The van der Waals surface area contributed by atoms with Crippen molar-refractivity contribution >= 4 is 17.4 Å². The van der Waals surface area contributed by atoms with Crippen LogP contribution < -0.4 is 5.32 Å². The zero-order chi connectivity index (χ0) is 17.3. The van der Waals surface area contributed by atoms with E-state index in [9.17, 15) is 0 Å². The highest BCUT2D eigenvalue weighted by Crippen LogP contribution is 2.48. The summed E-state index contributed by atoms with van der Waals surface area (Å²) in [4.78, 5) is 1.28. The van der Waals surface area contributed by atoms with Crippen molar-refractivity contribution in [1.29, 1.82) is 0 Å². The number of thioether (sulfide) groups is 1. The zero-order valence-electron chi connectivity index (χ0n) is 14.0. The summed E-state index contributed by atoms with van der Waals surface area (Å²) in [5.41, 5.74) is 5.61. The molecule has 26 heavy (non-hydrogen) atoms. The fraction of sp³-hybridized carbons (Fsp3) is 0.0455. The van der Waals surface area contributed by atoms with E-state index >= 15 is 0 Å². The lowest BCUT2D eigenvalue weighted by Crippen LogP contribution is -2.01. The van der Waals surface area contributed by atoms with E-state index in [1.165, 1.54) is 16.1 Å². The van der Waals surface area contributed by atoms with E-state index in [1.807, 2.05) is 40.7 Å². The van der Waals surface area contributed by atoms with E-state index in [1.54, 1.807) is 0 Å². The number of hydrogen-bond acceptors (Lipinski definition) is 3. The first kappa shape index (κ1) is 15.3. The predicted octanol–water partition coefficient (Wildman–Crippen LogP) is 5.76. The number of para-hydroxylation sites is 2. The lowest BCUT2D eigenvalue weighted by atomic mass is 10.1. The van der Waals surface area contributed by atoms with Crippen molar-refractivity contribution in [1.82, 2.24) is 9.78 Å². The van der Waals surface area contributed by atoms with Crippen LogP contribution in [0.3, 0.4) is 0 Å². The highest BCUT2D eigenvalue weighted by molar-refractivity contribution is 8.00. The van der Waals surface area contributed by atoms with Gasteiger partial charge in [-0.1, -0.05) is 72.4 Å². The molecule has 0 bridgehead atoms. The second-order valence-electron chi connectivity index (χ2n) is 6.22. The summed E-state index contributed by atoms with van der Waals surface area (Å²) in [7, 11) is 0. The monoisotopic (exact) mass is 355 g/mol. The third-order valence-electron chi connectivity index (χ3n) is 4.51. The molecule has 1 N–H and O–H groups in total. The van der Waals surface area contributed by atoms with Crippen LogP contribution in [0.25, 0.3) is 16.9 Å². The molecule has 3 nitrogen and oxygen atoms in total. The standard InChI is InChI=1S/C22H17N3S/c1-3-9-16(10-4-1)21-18(15-25(24-21)17-11-5-2-6-12-17)22-23-19-13-7-8-14-20(19)26-22/h1-15,22-23H. The number of hydrogen-bond donors (Lipinski definition) is 1. The van der Waals surface area contributed by atoms with Gasteiger partial charge in [-0.3, -0.25) is 0 Å². The number of nitrogens with zero attached hydrogens (tertiary/aromatic N) is 2. The molecule has 1 aromatic heterocycles. The first-order valence-electron chi connectivity index (χ1n) is 8.61. The Hall–Kier alpha value is -2.98. The van der Waals surface area contributed by atoms with Gasteiger partial charge in [0.15, 0.2) is 0 Å². The van der Waals surface area contributed by atoms with E-state index in [0.717, 1.165) is 16.9 Å². The van der Waals surface area contributed by atoms with Crippen molar-refractivity contribution in [2.75, 3.05) is 5.32 Å². The third-order valence-corrected chi connectivity index (χ3v) is 5.73. The average molecular weight is 355 g/mol. The van der Waals surface area contributed by atoms with Crippen LogP contribution in [-0.2, 0) is 0 Å². The van der Waals surface area contributed by atoms with Crippen LogP contribution in [0, 0.1) is 0 Å². The minimum atomic E-state index is 0.153. The summed E-state index contributed by atoms with van der Waals surface area (Å²) in [6.07, 6.45) is 2.15. The minimum absolute atomic E-state index is 0.153. The average Bonchev–Trinajstić information content (AvgIpc) is 3.33. The summed E-state index contributed by atoms with van der Waals surface area (Å²) in [5, 5.41) is 8.71. The highest BCUT2D eigenvalue weighted by Gasteiger charge is 2.27. The number of rotatable bonds is 3. The Morgan fingerprint density at radius 3 is 2.27 bits per heavy atom. The van der Waals surface area contributed by atoms with Crippen molar-refractivity contribution in [2.45, 2.75) is 10.3 Å². The third kappa shape index (κ3) is 2.68. The maximum Gasteiger partial charge on any atom is 0.106 e. The van der Waals surface area contributed by atoms with Gasteiger partial charge >= 0.3 is 0 Å². The second kappa shape index (κ2) is 6.39. The fourth-order valence-electron chi connectivity index (χ4n) is 3.24. The number of anilines is 1. The Balaban J connectivity index is 1.61. The van der Waals surface area contributed by atoms with Crippen molar-refractivity contribution < 1.29 is 0 Å². The molecule has 0 amide bonds. The summed E-state index contributed by atoms with van der Waals surface area (Å²) in [6, 6.07) is 29.1. The summed E-state index contributed by atoms with van der Waals surface area (Å²) < 4.78 is 1.98. The molecule has 126 valence electrons. The molecule has 0 radical (unpaired) electrons. The molecule has 1 unspecified atom stereocenters. The Labute approximate surface area is 156 Å². The van der Waals surface area contributed by atoms with Gasteiger partial charge in [0.25, 0.3) is 0 Å². The van der Waals surface area contributed by atoms with Gasteiger partial charge < -0.3 is 5.32 Å². The second-order valence-corrected chi connectivity index (χ2v) is 7.36. The Morgan fingerprint density at radius 1 is 0.808 bits per heavy atom. The van der Waals surface area contributed by atoms with Gasteiger partial charge in [-0.15, -0.1) is 0 Å². The first-order chi connectivity index (χ1) is 12.9. The molecule has 3 aromatic carbocycles. The van der Waals surface area contributed by atoms with E-state index in [-0.39, 0.29) is 5.37 Å². The van der Waals surface area contributed by atoms with Gasteiger partial charge in [0.1, 0.15) is 5.37 Å². The molecule has 0 aliphatic carbocycles. The molecule has 1 aliphatic heterocycles. The summed E-state index contributed by atoms with van der Waals surface area (Å²) >= 11 is 1.84. The molecule has 0 spiro atoms. The van der Waals surface area contributed by atoms with Gasteiger partial charge in [-0.25, -0.2) is 4.68 Å². The highest BCUT2D eigenvalue weighted by atomic mass is 32.2. The Morgan fingerprint density at radius 2 is 1.50 bits per heavy atom. The maximum absolute atomic E-state index is 4.92. The molecular weight excluding hydrogens is 338 g/mol. The molecule has 0 saturated carbocycles. The van der Waals surface area contributed by atoms with E-state index in [4.69, 9.17) is 5.10 Å². The van der Waals surface area contributed by atoms with Crippen LogP contribution in [0.2, 0.25) is 0 Å². The van der Waals surface area contributed by atoms with Crippen LogP contribution in [-0.4, -0.2) is 9.78 Å². The van der Waals surface area contributed by atoms with E-state index < -0.39 is 0 Å². The van der Waals surface area contributed by atoms with Gasteiger partial charge in [0.05, 0.1) is 11.4 Å². The molecule has 4 heteroatoms. The number of benzene rings is 3. The van der Waals surface area contributed by atoms with Gasteiger partial charge in [-0.05, 0) is 24.3 Å². The number of fused-ring (bicyclic) bond motifs is 1. The van der Waals surface area contributed by atoms with Gasteiger partial charge in [0.2, 0.25) is 0 Å². The molecular formula is C22H17N3S. The summed E-state index contributed by atoms with van der Waals surface area (Å²) in [6.45, 7) is 0. The molecule has 0 fully saturated rings. The van der Waals surface area contributed by atoms with Gasteiger partial charge in [-0.2, -0.15) is 5.10 Å². The van der Waals surface area contributed by atoms with Crippen molar-refractivity contribution in [3.05, 3.63) is 96.7 Å². The van der Waals surface area contributed by atoms with Crippen LogP contribution in [0.15, 0.2) is 96.0 Å². The maximum atomic E-state index is 4.92. The van der Waals surface area contributed by atoms with Crippen LogP contribution in [0.5, 0.6) is 0 Å². The largest absolute Gasteiger partial charge is 0.368 e. The normalized spacial score (nSPS) is 15.5. The van der Waals surface area contributed by atoms with Crippen molar-refractivity contribution in [2.24, 2.45) is 0 Å². The van der Waals surface area contributed by atoms with Crippen LogP contribution >= 0.6 is 11.8 Å². The lowest BCUT2D eigenvalue weighted by Gasteiger charge is -2.10. The number of nitrogens with one attached hydrogen (secondary N) is 1.